The van der Waals surface area contributed by atoms with Crippen LogP contribution in [0.1, 0.15) is 20.8 Å². The molecule has 1 amide bonds. The van der Waals surface area contributed by atoms with Gasteiger partial charge >= 0.3 is 6.09 Å². The van der Waals surface area contributed by atoms with Gasteiger partial charge in [0.25, 0.3) is 0 Å². The van der Waals surface area contributed by atoms with E-state index in [0.717, 1.165) is 32.4 Å². The molecule has 0 atom stereocenters. The van der Waals surface area contributed by atoms with Crippen molar-refractivity contribution in [2.45, 2.75) is 31.3 Å². The van der Waals surface area contributed by atoms with Crippen molar-refractivity contribution in [1.29, 1.82) is 0 Å². The van der Waals surface area contributed by atoms with E-state index in [1.54, 1.807) is 29.2 Å². The minimum absolute atomic E-state index is 0.282. The highest BCUT2D eigenvalue weighted by Crippen LogP contribution is 2.39. The summed E-state index contributed by atoms with van der Waals surface area (Å²) in [7, 11) is 2.03. The number of benzene rings is 3. The Hall–Kier alpha value is -4.12. The number of aryl methyl sites for hydroxylation is 1. The van der Waals surface area contributed by atoms with Crippen LogP contribution >= 0.6 is 11.9 Å². The minimum atomic E-state index is -0.519. The molecule has 2 aromatic heterocycles. The molecule has 0 unspecified atom stereocenters. The Bertz CT molecular complexity index is 1760. The minimum Gasteiger partial charge on any atom is -0.444 e. The van der Waals surface area contributed by atoms with Crippen LogP contribution in [0.3, 0.4) is 0 Å². The molecule has 3 aromatic carbocycles. The molecule has 216 valence electrons. The molecule has 1 N–H and O–H groups in total. The van der Waals surface area contributed by atoms with Crippen LogP contribution in [-0.4, -0.2) is 66.8 Å². The lowest BCUT2D eigenvalue weighted by atomic mass is 10.0. The first-order valence-corrected chi connectivity index (χ1v) is 14.7. The third-order valence-electron chi connectivity index (χ3n) is 7.21. The van der Waals surface area contributed by atoms with Gasteiger partial charge in [-0.3, -0.25) is 15.2 Å². The van der Waals surface area contributed by atoms with Gasteiger partial charge in [-0.05, 0) is 80.1 Å². The summed E-state index contributed by atoms with van der Waals surface area (Å²) in [4.78, 5) is 24.4. The molecule has 42 heavy (non-hydrogen) atoms. The number of hydrogen-bond donors (Lipinski definition) is 1. The number of hydrogen-bond acceptors (Lipinski definition) is 8. The van der Waals surface area contributed by atoms with Crippen LogP contribution < -0.4 is 5.06 Å². The predicted octanol–water partition coefficient (Wildman–Crippen LogP) is 6.88. The Kier molecular flexibility index (Phi) is 7.53. The van der Waals surface area contributed by atoms with Gasteiger partial charge in [-0.2, -0.15) is 0 Å². The quantitative estimate of drug-likeness (QED) is 0.177. The molecule has 0 aliphatic carbocycles. The van der Waals surface area contributed by atoms with Crippen LogP contribution in [0.5, 0.6) is 0 Å². The average Bonchev–Trinajstić information content (AvgIpc) is 3.35. The second-order valence-electron chi connectivity index (χ2n) is 11.4. The molecule has 6 rings (SSSR count). The first kappa shape index (κ1) is 28.0. The number of piperazine rings is 1. The van der Waals surface area contributed by atoms with Crippen molar-refractivity contribution in [1.82, 2.24) is 23.7 Å². The topological polar surface area (TPSA) is 87.0 Å². The SMILES string of the molecule is Cn1ccc2ccc(-c3cc(N(O)c4ccccc4SN4CCN(C(=O)OC(C)(C)C)CC4)cc4nccnc34)cc21. The van der Waals surface area contributed by atoms with E-state index in [4.69, 9.17) is 4.74 Å². The Morgan fingerprint density at radius 3 is 2.52 bits per heavy atom. The number of amides is 1. The molecular weight excluding hydrogens is 548 g/mol. The molecule has 10 heteroatoms. The van der Waals surface area contributed by atoms with E-state index in [1.807, 2.05) is 70.4 Å². The fraction of sp³-hybridized carbons (Fsp3) is 0.281. The molecule has 1 aliphatic heterocycles. The highest BCUT2D eigenvalue weighted by atomic mass is 32.2. The highest BCUT2D eigenvalue weighted by molar-refractivity contribution is 7.97. The lowest BCUT2D eigenvalue weighted by molar-refractivity contribution is 0.0197. The summed E-state index contributed by atoms with van der Waals surface area (Å²) in [6.07, 6.45) is 5.12. The maximum atomic E-state index is 12.5. The molecular formula is C32H34N6O3S. The number of carbonyl (C=O) groups is 1. The van der Waals surface area contributed by atoms with Crippen molar-refractivity contribution in [2.75, 3.05) is 31.2 Å². The van der Waals surface area contributed by atoms with E-state index < -0.39 is 5.60 Å². The van der Waals surface area contributed by atoms with Crippen molar-refractivity contribution < 1.29 is 14.7 Å². The van der Waals surface area contributed by atoms with Gasteiger partial charge in [0.1, 0.15) is 5.60 Å². The predicted molar refractivity (Wildman–Crippen MR) is 167 cm³/mol. The lowest BCUT2D eigenvalue weighted by Crippen LogP contribution is -2.47. The molecule has 0 bridgehead atoms. The smallest absolute Gasteiger partial charge is 0.410 e. The van der Waals surface area contributed by atoms with Crippen molar-refractivity contribution in [2.24, 2.45) is 7.05 Å². The van der Waals surface area contributed by atoms with E-state index in [0.29, 0.717) is 43.1 Å². The van der Waals surface area contributed by atoms with Gasteiger partial charge in [0.2, 0.25) is 0 Å². The first-order chi connectivity index (χ1) is 20.2. The van der Waals surface area contributed by atoms with E-state index >= 15 is 0 Å². The Balaban J connectivity index is 1.27. The number of fused-ring (bicyclic) bond motifs is 2. The first-order valence-electron chi connectivity index (χ1n) is 14.0. The standard InChI is InChI=1S/C32H34N6O3S/c1-32(2,3)41-31(39)36-15-17-37(18-16-36)42-29-8-6-5-7-27(29)38(40)24-20-25(30-26(21-24)33-12-13-34-30)23-10-9-22-11-14-35(4)28(22)19-23/h5-14,19-21,40H,15-18H2,1-4H3. The third kappa shape index (κ3) is 5.78. The number of ether oxygens (including phenoxy) is 1. The molecule has 3 heterocycles. The number of anilines is 2. The van der Waals surface area contributed by atoms with Gasteiger partial charge in [-0.1, -0.05) is 24.3 Å². The van der Waals surface area contributed by atoms with E-state index in [9.17, 15) is 10.0 Å². The number of carbonyl (C=O) groups excluding carboxylic acids is 1. The van der Waals surface area contributed by atoms with Crippen molar-refractivity contribution in [3.8, 4) is 11.1 Å². The van der Waals surface area contributed by atoms with Crippen LogP contribution in [0, 0.1) is 0 Å². The van der Waals surface area contributed by atoms with Crippen molar-refractivity contribution >= 4 is 51.4 Å². The van der Waals surface area contributed by atoms with E-state index in [-0.39, 0.29) is 6.09 Å². The van der Waals surface area contributed by atoms with Gasteiger partial charge in [0.15, 0.2) is 0 Å². The van der Waals surface area contributed by atoms with Crippen LogP contribution in [0.25, 0.3) is 33.1 Å². The van der Waals surface area contributed by atoms with Crippen LogP contribution in [0.2, 0.25) is 0 Å². The van der Waals surface area contributed by atoms with Crippen molar-refractivity contribution in [3.05, 3.63) is 79.3 Å². The molecule has 1 aliphatic rings. The van der Waals surface area contributed by atoms with E-state index in [1.165, 1.54) is 5.06 Å². The number of rotatable bonds is 5. The summed E-state index contributed by atoms with van der Waals surface area (Å²) in [5.41, 5.74) is 5.19. The molecule has 0 saturated carbocycles. The van der Waals surface area contributed by atoms with Crippen LogP contribution in [0.15, 0.2) is 84.1 Å². The largest absolute Gasteiger partial charge is 0.444 e. The number of nitrogens with zero attached hydrogens (tertiary/aromatic N) is 6. The normalized spacial score (nSPS) is 14.5. The Labute approximate surface area is 249 Å². The summed E-state index contributed by atoms with van der Waals surface area (Å²) in [6.45, 7) is 8.14. The molecule has 0 spiro atoms. The maximum absolute atomic E-state index is 12.5. The second kappa shape index (κ2) is 11.3. The zero-order valence-corrected chi connectivity index (χ0v) is 25.0. The highest BCUT2D eigenvalue weighted by Gasteiger charge is 2.27. The summed E-state index contributed by atoms with van der Waals surface area (Å²) in [5.74, 6) is 0. The second-order valence-corrected chi connectivity index (χ2v) is 12.5. The van der Waals surface area contributed by atoms with Gasteiger partial charge in [0.05, 0.1) is 22.4 Å². The fourth-order valence-electron chi connectivity index (χ4n) is 5.11. The average molecular weight is 583 g/mol. The van der Waals surface area contributed by atoms with Gasteiger partial charge in [-0.15, -0.1) is 0 Å². The van der Waals surface area contributed by atoms with Gasteiger partial charge in [0, 0.05) is 67.8 Å². The summed E-state index contributed by atoms with van der Waals surface area (Å²) in [5, 5.41) is 14.0. The Morgan fingerprint density at radius 1 is 0.976 bits per heavy atom. The van der Waals surface area contributed by atoms with Crippen molar-refractivity contribution in [3.63, 3.8) is 0 Å². The monoisotopic (exact) mass is 582 g/mol. The Morgan fingerprint density at radius 2 is 1.74 bits per heavy atom. The van der Waals surface area contributed by atoms with Crippen LogP contribution in [-0.2, 0) is 11.8 Å². The summed E-state index contributed by atoms with van der Waals surface area (Å²) >= 11 is 1.57. The number of aromatic nitrogens is 3. The molecule has 1 saturated heterocycles. The maximum Gasteiger partial charge on any atom is 0.410 e. The zero-order valence-electron chi connectivity index (χ0n) is 24.2. The molecule has 0 radical (unpaired) electrons. The van der Waals surface area contributed by atoms with Crippen LogP contribution in [0.4, 0.5) is 16.2 Å². The fourth-order valence-corrected chi connectivity index (χ4v) is 6.12. The van der Waals surface area contributed by atoms with Gasteiger partial charge < -0.3 is 14.2 Å². The lowest BCUT2D eigenvalue weighted by Gasteiger charge is -2.35. The summed E-state index contributed by atoms with van der Waals surface area (Å²) < 4.78 is 9.84. The molecule has 1 fully saturated rings. The van der Waals surface area contributed by atoms with Gasteiger partial charge in [-0.25, -0.2) is 14.2 Å². The number of para-hydroxylation sites is 1. The van der Waals surface area contributed by atoms with E-state index in [2.05, 4.69) is 43.1 Å². The third-order valence-corrected chi connectivity index (χ3v) is 8.38. The molecule has 5 aromatic rings. The zero-order chi connectivity index (χ0) is 29.4. The summed E-state index contributed by atoms with van der Waals surface area (Å²) in [6, 6.07) is 20.0. The molecule has 9 nitrogen and oxygen atoms in total.